The van der Waals surface area contributed by atoms with Crippen molar-refractivity contribution in [3.05, 3.63) is 30.1 Å². The topological polar surface area (TPSA) is 51.7 Å². The monoisotopic (exact) mass is 334 g/mol. The molecule has 0 bridgehead atoms. The summed E-state index contributed by atoms with van der Waals surface area (Å²) in [4.78, 5) is 18.7. The van der Waals surface area contributed by atoms with Gasteiger partial charge in [0.05, 0.1) is 35.7 Å². The lowest BCUT2D eigenvalue weighted by Gasteiger charge is -2.48. The van der Waals surface area contributed by atoms with Crippen molar-refractivity contribution >= 4 is 17.7 Å². The van der Waals surface area contributed by atoms with Crippen molar-refractivity contribution < 1.29 is 14.3 Å². The van der Waals surface area contributed by atoms with Gasteiger partial charge in [-0.2, -0.15) is 0 Å². The highest BCUT2D eigenvalue weighted by molar-refractivity contribution is 8.01. The van der Waals surface area contributed by atoms with Gasteiger partial charge < -0.3 is 14.4 Å². The van der Waals surface area contributed by atoms with Crippen LogP contribution in [0.25, 0.3) is 0 Å². The molecule has 3 fully saturated rings. The maximum atomic E-state index is 12.4. The van der Waals surface area contributed by atoms with Gasteiger partial charge in [0.1, 0.15) is 0 Å². The Kier molecular flexibility index (Phi) is 4.30. The Bertz CT molecular complexity index is 556. The van der Waals surface area contributed by atoms with E-state index < -0.39 is 0 Å². The van der Waals surface area contributed by atoms with Crippen LogP contribution in [0.4, 0.5) is 0 Å². The van der Waals surface area contributed by atoms with E-state index in [1.54, 1.807) is 6.20 Å². The molecule has 3 aliphatic rings. The molecule has 0 saturated carbocycles. The number of nitrogens with zero attached hydrogens (tertiary/aromatic N) is 2. The van der Waals surface area contributed by atoms with E-state index in [4.69, 9.17) is 9.47 Å². The molecular weight excluding hydrogens is 312 g/mol. The molecule has 0 aromatic carbocycles. The number of carbonyl (C=O) groups is 1. The van der Waals surface area contributed by atoms with Crippen LogP contribution < -0.4 is 0 Å². The molecule has 5 nitrogen and oxygen atoms in total. The van der Waals surface area contributed by atoms with Crippen LogP contribution in [-0.2, 0) is 20.9 Å². The zero-order chi connectivity index (χ0) is 15.7. The standard InChI is InChI=1S/C17H22N2O3S/c20-16(13-4-6-21-8-13)19-11-17(12-19)7-15(10-23-17)22-9-14-3-1-2-5-18-14/h1-3,5,13,15H,4,6-12H2/t13-,15+/m1/s1. The highest BCUT2D eigenvalue weighted by Crippen LogP contribution is 2.46. The van der Waals surface area contributed by atoms with Crippen LogP contribution in [0.3, 0.4) is 0 Å². The lowest BCUT2D eigenvalue weighted by Crippen LogP contribution is -2.62. The maximum Gasteiger partial charge on any atom is 0.228 e. The molecule has 3 aliphatic heterocycles. The van der Waals surface area contributed by atoms with Gasteiger partial charge in [0.2, 0.25) is 5.91 Å². The highest BCUT2D eigenvalue weighted by atomic mass is 32.2. The van der Waals surface area contributed by atoms with Gasteiger partial charge in [0.25, 0.3) is 0 Å². The lowest BCUT2D eigenvalue weighted by atomic mass is 9.91. The Balaban J connectivity index is 1.24. The molecule has 4 rings (SSSR count). The van der Waals surface area contributed by atoms with Crippen LogP contribution in [0.5, 0.6) is 0 Å². The van der Waals surface area contributed by atoms with E-state index >= 15 is 0 Å². The molecule has 6 heteroatoms. The van der Waals surface area contributed by atoms with Crippen molar-refractivity contribution in [1.82, 2.24) is 9.88 Å². The Labute approximate surface area is 140 Å². The molecule has 23 heavy (non-hydrogen) atoms. The average molecular weight is 334 g/mol. The first-order valence-corrected chi connectivity index (χ1v) is 9.25. The third kappa shape index (κ3) is 3.25. The van der Waals surface area contributed by atoms with Gasteiger partial charge in [-0.25, -0.2) is 0 Å². The fourth-order valence-corrected chi connectivity index (χ4v) is 5.16. The normalized spacial score (nSPS) is 29.0. The van der Waals surface area contributed by atoms with Crippen LogP contribution in [-0.4, -0.2) is 58.7 Å². The van der Waals surface area contributed by atoms with Crippen molar-refractivity contribution in [1.29, 1.82) is 0 Å². The molecule has 0 unspecified atom stereocenters. The summed E-state index contributed by atoms with van der Waals surface area (Å²) in [6, 6.07) is 5.89. The Morgan fingerprint density at radius 1 is 1.48 bits per heavy atom. The second kappa shape index (κ2) is 6.42. The van der Waals surface area contributed by atoms with Crippen LogP contribution in [0.2, 0.25) is 0 Å². The van der Waals surface area contributed by atoms with Gasteiger partial charge >= 0.3 is 0 Å². The molecule has 1 amide bonds. The molecule has 4 heterocycles. The first-order chi connectivity index (χ1) is 11.2. The summed E-state index contributed by atoms with van der Waals surface area (Å²) in [6.07, 6.45) is 3.99. The predicted octanol–water partition coefficient (Wildman–Crippen LogP) is 1.72. The van der Waals surface area contributed by atoms with Crippen molar-refractivity contribution in [2.45, 2.75) is 30.3 Å². The molecule has 124 valence electrons. The van der Waals surface area contributed by atoms with E-state index in [0.717, 1.165) is 44.0 Å². The van der Waals surface area contributed by atoms with Gasteiger partial charge in [-0.3, -0.25) is 9.78 Å². The molecule has 1 spiro atoms. The van der Waals surface area contributed by atoms with Gasteiger partial charge in [0, 0.05) is 31.6 Å². The Morgan fingerprint density at radius 3 is 3.13 bits per heavy atom. The van der Waals surface area contributed by atoms with E-state index in [-0.39, 0.29) is 22.7 Å². The quantitative estimate of drug-likeness (QED) is 0.839. The number of amides is 1. The van der Waals surface area contributed by atoms with Crippen molar-refractivity contribution in [2.24, 2.45) is 5.92 Å². The van der Waals surface area contributed by atoms with Crippen molar-refractivity contribution in [3.63, 3.8) is 0 Å². The van der Waals surface area contributed by atoms with Gasteiger partial charge in [0.15, 0.2) is 0 Å². The number of thioether (sulfide) groups is 1. The first kappa shape index (κ1) is 15.4. The summed E-state index contributed by atoms with van der Waals surface area (Å²) < 4.78 is 11.6. The van der Waals surface area contributed by atoms with Crippen molar-refractivity contribution in [2.75, 3.05) is 32.1 Å². The fourth-order valence-electron chi connectivity index (χ4n) is 3.61. The highest BCUT2D eigenvalue weighted by Gasteiger charge is 2.51. The van der Waals surface area contributed by atoms with Gasteiger partial charge in [-0.15, -0.1) is 11.8 Å². The number of hydrogen-bond acceptors (Lipinski definition) is 5. The number of hydrogen-bond donors (Lipinski definition) is 0. The first-order valence-electron chi connectivity index (χ1n) is 8.26. The molecule has 0 N–H and O–H groups in total. The summed E-state index contributed by atoms with van der Waals surface area (Å²) >= 11 is 1.97. The number of pyridine rings is 1. The van der Waals surface area contributed by atoms with Crippen molar-refractivity contribution in [3.8, 4) is 0 Å². The minimum absolute atomic E-state index is 0.0926. The van der Waals surface area contributed by atoms with Crippen LogP contribution in [0.1, 0.15) is 18.5 Å². The smallest absolute Gasteiger partial charge is 0.228 e. The molecule has 2 atom stereocenters. The Hall–Kier alpha value is -1.11. The molecule has 1 aromatic heterocycles. The number of rotatable bonds is 4. The van der Waals surface area contributed by atoms with E-state index in [1.165, 1.54) is 0 Å². The predicted molar refractivity (Wildman–Crippen MR) is 88.1 cm³/mol. The summed E-state index contributed by atoms with van der Waals surface area (Å²) in [7, 11) is 0. The third-order valence-electron chi connectivity index (χ3n) is 4.92. The van der Waals surface area contributed by atoms with Crippen LogP contribution in [0, 0.1) is 5.92 Å². The summed E-state index contributed by atoms with van der Waals surface area (Å²) in [5.74, 6) is 1.39. The zero-order valence-corrected chi connectivity index (χ0v) is 14.0. The van der Waals surface area contributed by atoms with Crippen LogP contribution >= 0.6 is 11.8 Å². The maximum absolute atomic E-state index is 12.4. The second-order valence-corrected chi connectivity index (χ2v) is 8.20. The second-order valence-electron chi connectivity index (χ2n) is 6.71. The molecule has 3 saturated heterocycles. The fraction of sp³-hybridized carbons (Fsp3) is 0.647. The average Bonchev–Trinajstić information content (AvgIpc) is 3.22. The van der Waals surface area contributed by atoms with Crippen LogP contribution in [0.15, 0.2) is 24.4 Å². The minimum atomic E-state index is 0.0926. The van der Waals surface area contributed by atoms with Gasteiger partial charge in [-0.1, -0.05) is 6.07 Å². The minimum Gasteiger partial charge on any atom is -0.381 e. The Morgan fingerprint density at radius 2 is 2.39 bits per heavy atom. The van der Waals surface area contributed by atoms with E-state index in [9.17, 15) is 4.79 Å². The summed E-state index contributed by atoms with van der Waals surface area (Å²) in [5.41, 5.74) is 0.977. The number of likely N-dealkylation sites (tertiary alicyclic amines) is 1. The largest absolute Gasteiger partial charge is 0.381 e. The third-order valence-corrected chi connectivity index (χ3v) is 6.49. The van der Waals surface area contributed by atoms with Gasteiger partial charge in [-0.05, 0) is 25.0 Å². The molecule has 0 radical (unpaired) electrons. The van der Waals surface area contributed by atoms with E-state index in [1.807, 2.05) is 34.9 Å². The van der Waals surface area contributed by atoms with E-state index in [0.29, 0.717) is 13.2 Å². The molecule has 1 aromatic rings. The van der Waals surface area contributed by atoms with E-state index in [2.05, 4.69) is 4.98 Å². The summed E-state index contributed by atoms with van der Waals surface area (Å²) in [5, 5.41) is 0. The number of carbonyl (C=O) groups excluding carboxylic acids is 1. The SMILES string of the molecule is O=C([C@@H]1CCOC1)N1CC2(C[C@H](OCc3ccccn3)CS2)C1. The summed E-state index contributed by atoms with van der Waals surface area (Å²) in [6.45, 7) is 3.65. The lowest BCUT2D eigenvalue weighted by molar-refractivity contribution is -0.141. The number of aromatic nitrogens is 1. The molecule has 0 aliphatic carbocycles. The zero-order valence-electron chi connectivity index (χ0n) is 13.1. The molecular formula is C17H22N2O3S. The number of ether oxygens (including phenoxy) is 2.